The van der Waals surface area contributed by atoms with E-state index in [0.717, 1.165) is 11.3 Å². The molecule has 1 saturated heterocycles. The monoisotopic (exact) mass is 358 g/mol. The molecule has 7 heteroatoms. The summed E-state index contributed by atoms with van der Waals surface area (Å²) in [7, 11) is -3.25. The molecule has 5 nitrogen and oxygen atoms in total. The van der Waals surface area contributed by atoms with Gasteiger partial charge in [0, 0.05) is 11.9 Å². The number of benzene rings is 2. The largest absolute Gasteiger partial charge is 0.295 e. The second kappa shape index (κ2) is 6.30. The Morgan fingerprint density at radius 1 is 1.12 bits per heavy atom. The number of sulfone groups is 1. The first-order valence-corrected chi connectivity index (χ1v) is 10.1. The average Bonchev–Trinajstić information content (AvgIpc) is 2.96. The van der Waals surface area contributed by atoms with Crippen LogP contribution in [0.1, 0.15) is 16.5 Å². The van der Waals surface area contributed by atoms with E-state index in [-0.39, 0.29) is 16.2 Å². The first kappa shape index (κ1) is 16.6. The maximum Gasteiger partial charge on any atom is 0.238 e. The number of nitriles is 1. The van der Waals surface area contributed by atoms with Gasteiger partial charge in [-0.15, -0.1) is 11.8 Å². The summed E-state index contributed by atoms with van der Waals surface area (Å²) in [5, 5.41) is 8.67. The summed E-state index contributed by atoms with van der Waals surface area (Å²) in [4.78, 5) is 14.2. The average molecular weight is 358 g/mol. The van der Waals surface area contributed by atoms with E-state index in [1.165, 1.54) is 18.0 Å². The van der Waals surface area contributed by atoms with Gasteiger partial charge < -0.3 is 0 Å². The molecule has 1 aliphatic heterocycles. The summed E-state index contributed by atoms with van der Waals surface area (Å²) in [6, 6.07) is 15.5. The molecular formula is C17H14N2O3S2. The topological polar surface area (TPSA) is 78.2 Å². The Kier molecular flexibility index (Phi) is 4.35. The number of rotatable bonds is 3. The number of thioether (sulfide) groups is 1. The van der Waals surface area contributed by atoms with Crippen LogP contribution in [-0.2, 0) is 14.6 Å². The molecule has 0 bridgehead atoms. The van der Waals surface area contributed by atoms with Crippen molar-refractivity contribution in [3.05, 3.63) is 59.7 Å². The Morgan fingerprint density at radius 3 is 2.29 bits per heavy atom. The molecule has 122 valence electrons. The van der Waals surface area contributed by atoms with Crippen LogP contribution in [0.15, 0.2) is 53.4 Å². The number of hydrogen-bond donors (Lipinski definition) is 0. The molecule has 1 heterocycles. The molecule has 3 rings (SSSR count). The molecule has 1 atom stereocenters. The molecule has 1 aliphatic rings. The Morgan fingerprint density at radius 2 is 1.75 bits per heavy atom. The molecule has 0 radical (unpaired) electrons. The maximum atomic E-state index is 12.3. The van der Waals surface area contributed by atoms with Crippen molar-refractivity contribution in [1.29, 1.82) is 5.26 Å². The van der Waals surface area contributed by atoms with Crippen LogP contribution in [0, 0.1) is 11.3 Å². The van der Waals surface area contributed by atoms with Crippen molar-refractivity contribution >= 4 is 33.2 Å². The van der Waals surface area contributed by atoms with Crippen LogP contribution in [0.2, 0.25) is 0 Å². The van der Waals surface area contributed by atoms with E-state index in [1.807, 2.05) is 0 Å². The van der Waals surface area contributed by atoms with Crippen LogP contribution in [-0.4, -0.2) is 26.3 Å². The number of anilines is 1. The molecule has 2 aromatic rings. The first-order valence-electron chi connectivity index (χ1n) is 7.14. The maximum absolute atomic E-state index is 12.3. The fourth-order valence-electron chi connectivity index (χ4n) is 2.53. The Balaban J connectivity index is 1.94. The zero-order chi connectivity index (χ0) is 17.3. The number of hydrogen-bond acceptors (Lipinski definition) is 5. The molecule has 1 unspecified atom stereocenters. The summed E-state index contributed by atoms with van der Waals surface area (Å²) in [6.07, 6.45) is 1.17. The van der Waals surface area contributed by atoms with E-state index < -0.39 is 9.84 Å². The van der Waals surface area contributed by atoms with Gasteiger partial charge in [0.1, 0.15) is 5.37 Å². The second-order valence-electron chi connectivity index (χ2n) is 5.43. The smallest absolute Gasteiger partial charge is 0.238 e. The summed E-state index contributed by atoms with van der Waals surface area (Å²) >= 11 is 1.49. The molecular weight excluding hydrogens is 344 g/mol. The second-order valence-corrected chi connectivity index (χ2v) is 8.51. The minimum Gasteiger partial charge on any atom is -0.295 e. The van der Waals surface area contributed by atoms with Crippen molar-refractivity contribution in [2.75, 3.05) is 16.9 Å². The van der Waals surface area contributed by atoms with Gasteiger partial charge in [-0.3, -0.25) is 9.69 Å². The molecule has 24 heavy (non-hydrogen) atoms. The van der Waals surface area contributed by atoms with Gasteiger partial charge in [-0.25, -0.2) is 8.42 Å². The third-order valence-corrected chi connectivity index (χ3v) is 6.08. The van der Waals surface area contributed by atoms with Crippen LogP contribution in [0.3, 0.4) is 0 Å². The van der Waals surface area contributed by atoms with Crippen molar-refractivity contribution in [1.82, 2.24) is 0 Å². The molecule has 0 N–H and O–H groups in total. The number of carbonyl (C=O) groups excluding carboxylic acids is 1. The van der Waals surface area contributed by atoms with Gasteiger partial charge in [0.2, 0.25) is 5.91 Å². The number of carbonyl (C=O) groups is 1. The molecule has 0 aromatic heterocycles. The molecule has 0 aliphatic carbocycles. The Hall–Kier alpha value is -2.30. The lowest BCUT2D eigenvalue weighted by Crippen LogP contribution is -2.27. The predicted molar refractivity (Wildman–Crippen MR) is 93.4 cm³/mol. The van der Waals surface area contributed by atoms with E-state index in [1.54, 1.807) is 53.4 Å². The van der Waals surface area contributed by atoms with Crippen LogP contribution < -0.4 is 4.90 Å². The van der Waals surface area contributed by atoms with Crippen molar-refractivity contribution in [3.63, 3.8) is 0 Å². The highest BCUT2D eigenvalue weighted by molar-refractivity contribution is 8.00. The van der Waals surface area contributed by atoms with Crippen LogP contribution in [0.25, 0.3) is 0 Å². The van der Waals surface area contributed by atoms with Crippen LogP contribution in [0.4, 0.5) is 5.69 Å². The van der Waals surface area contributed by atoms with E-state index in [0.29, 0.717) is 11.3 Å². The Labute approximate surface area is 144 Å². The van der Waals surface area contributed by atoms with E-state index in [4.69, 9.17) is 5.26 Å². The Bertz CT molecular complexity index is 914. The van der Waals surface area contributed by atoms with Gasteiger partial charge >= 0.3 is 0 Å². The first-order chi connectivity index (χ1) is 11.4. The molecule has 0 spiro atoms. The van der Waals surface area contributed by atoms with Crippen molar-refractivity contribution in [2.24, 2.45) is 0 Å². The number of nitrogens with zero attached hydrogens (tertiary/aromatic N) is 2. The highest BCUT2D eigenvalue weighted by atomic mass is 32.2. The fourth-order valence-corrected chi connectivity index (χ4v) is 4.33. The lowest BCUT2D eigenvalue weighted by Gasteiger charge is -2.24. The summed E-state index contributed by atoms with van der Waals surface area (Å²) in [5.74, 6) is 0.347. The van der Waals surface area contributed by atoms with Crippen molar-refractivity contribution in [2.45, 2.75) is 10.3 Å². The highest BCUT2D eigenvalue weighted by Gasteiger charge is 2.34. The minimum atomic E-state index is -3.25. The quantitative estimate of drug-likeness (QED) is 0.843. The lowest BCUT2D eigenvalue weighted by atomic mass is 10.1. The molecule has 2 aromatic carbocycles. The van der Waals surface area contributed by atoms with Gasteiger partial charge in [0.25, 0.3) is 0 Å². The highest BCUT2D eigenvalue weighted by Crippen LogP contribution is 2.41. The van der Waals surface area contributed by atoms with Gasteiger partial charge in [0.15, 0.2) is 9.84 Å². The normalized spacial score (nSPS) is 17.8. The molecule has 1 amide bonds. The summed E-state index contributed by atoms with van der Waals surface area (Å²) in [6.45, 7) is 0. The lowest BCUT2D eigenvalue weighted by molar-refractivity contribution is -0.115. The van der Waals surface area contributed by atoms with E-state index in [2.05, 4.69) is 6.07 Å². The van der Waals surface area contributed by atoms with E-state index >= 15 is 0 Å². The van der Waals surface area contributed by atoms with E-state index in [9.17, 15) is 13.2 Å². The SMILES string of the molecule is CS(=O)(=O)c1ccc(C2SCC(=O)N2c2ccc(C#N)cc2)cc1. The fraction of sp³-hybridized carbons (Fsp3) is 0.176. The van der Waals surface area contributed by atoms with Crippen molar-refractivity contribution in [3.8, 4) is 6.07 Å². The van der Waals surface area contributed by atoms with Gasteiger partial charge in [-0.1, -0.05) is 12.1 Å². The minimum absolute atomic E-state index is 0.0121. The molecule has 1 fully saturated rings. The van der Waals surface area contributed by atoms with Crippen LogP contribution >= 0.6 is 11.8 Å². The zero-order valence-electron chi connectivity index (χ0n) is 12.8. The molecule has 0 saturated carbocycles. The van der Waals surface area contributed by atoms with Crippen LogP contribution in [0.5, 0.6) is 0 Å². The van der Waals surface area contributed by atoms with Crippen molar-refractivity contribution < 1.29 is 13.2 Å². The van der Waals surface area contributed by atoms with Gasteiger partial charge in [-0.2, -0.15) is 5.26 Å². The number of amides is 1. The summed E-state index contributed by atoms with van der Waals surface area (Å²) < 4.78 is 23.1. The van der Waals surface area contributed by atoms with Gasteiger partial charge in [-0.05, 0) is 42.0 Å². The zero-order valence-corrected chi connectivity index (χ0v) is 14.5. The summed E-state index contributed by atoms with van der Waals surface area (Å²) in [5.41, 5.74) is 2.12. The third-order valence-electron chi connectivity index (χ3n) is 3.74. The van der Waals surface area contributed by atoms with Gasteiger partial charge in [0.05, 0.1) is 22.3 Å². The predicted octanol–water partition coefficient (Wildman–Crippen LogP) is 2.74. The third kappa shape index (κ3) is 3.16. The standard InChI is InChI=1S/C17H14N2O3S2/c1-24(21,22)15-8-4-13(5-9-15)17-19(16(20)11-23-17)14-6-2-12(10-18)3-7-14/h2-9,17H,11H2,1H3.